The lowest BCUT2D eigenvalue weighted by Gasteiger charge is -2.47. The third-order valence-corrected chi connectivity index (χ3v) is 4.93. The summed E-state index contributed by atoms with van der Waals surface area (Å²) in [4.78, 5) is 24.2. The number of amides is 1. The van der Waals surface area contributed by atoms with Crippen molar-refractivity contribution in [2.24, 2.45) is 5.92 Å². The number of piperidine rings is 2. The largest absolute Gasteiger partial charge is 0.396 e. The van der Waals surface area contributed by atoms with Gasteiger partial charge in [0.15, 0.2) is 0 Å². The number of hydrogen-bond acceptors (Lipinski definition) is 4. The van der Waals surface area contributed by atoms with Crippen molar-refractivity contribution < 1.29 is 9.90 Å². The molecule has 122 valence electrons. The number of H-pyrrole nitrogens is 1. The van der Waals surface area contributed by atoms with Crippen molar-refractivity contribution in [3.63, 3.8) is 0 Å². The highest BCUT2D eigenvalue weighted by molar-refractivity contribution is 5.77. The fourth-order valence-corrected chi connectivity index (χ4v) is 3.89. The molecule has 22 heavy (non-hydrogen) atoms. The second kappa shape index (κ2) is 6.79. The summed E-state index contributed by atoms with van der Waals surface area (Å²) in [5, 5.41) is 9.03. The monoisotopic (exact) mass is 306 g/mol. The number of fused-ring (bicyclic) bond motifs is 1. The fourth-order valence-electron chi connectivity index (χ4n) is 3.89. The van der Waals surface area contributed by atoms with Crippen LogP contribution in [-0.4, -0.2) is 63.1 Å². The maximum Gasteiger partial charge on any atom is 0.222 e. The fraction of sp³-hybridized carbons (Fsp3) is 0.750. The van der Waals surface area contributed by atoms with Gasteiger partial charge in [-0.3, -0.25) is 9.69 Å². The first-order valence-electron chi connectivity index (χ1n) is 8.30. The van der Waals surface area contributed by atoms with Crippen LogP contribution in [0.1, 0.15) is 37.2 Å². The second-order valence-corrected chi connectivity index (χ2v) is 6.55. The summed E-state index contributed by atoms with van der Waals surface area (Å²) in [5.74, 6) is 1.80. The van der Waals surface area contributed by atoms with Crippen LogP contribution in [0.25, 0.3) is 0 Å². The van der Waals surface area contributed by atoms with Crippen molar-refractivity contribution in [3.05, 3.63) is 17.7 Å². The Kier molecular flexibility index (Phi) is 4.78. The van der Waals surface area contributed by atoms with Gasteiger partial charge in [-0.1, -0.05) is 0 Å². The highest BCUT2D eigenvalue weighted by Gasteiger charge is 2.38. The summed E-state index contributed by atoms with van der Waals surface area (Å²) in [6, 6.07) is 0.368. The Balaban J connectivity index is 1.60. The summed E-state index contributed by atoms with van der Waals surface area (Å²) < 4.78 is 0. The quantitative estimate of drug-likeness (QED) is 0.848. The van der Waals surface area contributed by atoms with Crippen LogP contribution in [0.2, 0.25) is 0 Å². The van der Waals surface area contributed by atoms with E-state index in [1.165, 1.54) is 5.69 Å². The molecule has 2 aliphatic heterocycles. The molecule has 0 aromatic carbocycles. The summed E-state index contributed by atoms with van der Waals surface area (Å²) in [7, 11) is 0. The molecule has 2 saturated heterocycles. The van der Waals surface area contributed by atoms with Gasteiger partial charge in [-0.2, -0.15) is 0 Å². The molecule has 0 aliphatic carbocycles. The lowest BCUT2D eigenvalue weighted by molar-refractivity contribution is -0.141. The van der Waals surface area contributed by atoms with E-state index in [-0.39, 0.29) is 12.5 Å². The van der Waals surface area contributed by atoms with Gasteiger partial charge in [0.05, 0.1) is 0 Å². The molecule has 3 heterocycles. The predicted octanol–water partition coefficient (Wildman–Crippen LogP) is 0.913. The summed E-state index contributed by atoms with van der Waals surface area (Å²) in [6.45, 7) is 5.81. The standard InChI is InChI=1S/C16H26N4O2/c1-12-17-9-14(18-12)11-19-7-5-15-13(10-19)3-4-16(22)20(15)6-2-8-21/h9,13,15,21H,2-8,10-11H2,1H3,(H,17,18)/t13-,15+/m0/s1. The molecule has 2 fully saturated rings. The minimum absolute atomic E-state index is 0.159. The molecule has 1 aromatic rings. The number of aliphatic hydroxyl groups is 1. The molecule has 2 aliphatic rings. The van der Waals surface area contributed by atoms with Crippen molar-refractivity contribution in [1.29, 1.82) is 0 Å². The first-order valence-corrected chi connectivity index (χ1v) is 8.30. The highest BCUT2D eigenvalue weighted by Crippen LogP contribution is 2.31. The van der Waals surface area contributed by atoms with Crippen molar-refractivity contribution in [2.45, 2.75) is 45.2 Å². The maximum absolute atomic E-state index is 12.1. The van der Waals surface area contributed by atoms with E-state index in [0.717, 1.165) is 38.3 Å². The Morgan fingerprint density at radius 3 is 3.05 bits per heavy atom. The number of nitrogens with one attached hydrogen (secondary N) is 1. The summed E-state index contributed by atoms with van der Waals surface area (Å²) in [6.07, 6.45) is 5.29. The van der Waals surface area contributed by atoms with Crippen LogP contribution in [0.4, 0.5) is 0 Å². The lowest BCUT2D eigenvalue weighted by atomic mass is 9.83. The summed E-state index contributed by atoms with van der Waals surface area (Å²) in [5.41, 5.74) is 1.17. The van der Waals surface area contributed by atoms with Crippen LogP contribution in [0.3, 0.4) is 0 Å². The molecular weight excluding hydrogens is 280 g/mol. The Morgan fingerprint density at radius 2 is 2.32 bits per heavy atom. The van der Waals surface area contributed by atoms with E-state index in [1.54, 1.807) is 0 Å². The first-order chi connectivity index (χ1) is 10.7. The van der Waals surface area contributed by atoms with E-state index < -0.39 is 0 Å². The van der Waals surface area contributed by atoms with E-state index in [2.05, 4.69) is 14.9 Å². The van der Waals surface area contributed by atoms with Gasteiger partial charge >= 0.3 is 0 Å². The van der Waals surface area contributed by atoms with Crippen LogP contribution in [0, 0.1) is 12.8 Å². The number of nitrogens with zero attached hydrogens (tertiary/aromatic N) is 3. The third kappa shape index (κ3) is 3.33. The number of likely N-dealkylation sites (tertiary alicyclic amines) is 2. The molecule has 6 nitrogen and oxygen atoms in total. The number of rotatable bonds is 5. The molecule has 0 unspecified atom stereocenters. The first kappa shape index (κ1) is 15.5. The zero-order chi connectivity index (χ0) is 15.5. The Labute approximate surface area is 131 Å². The molecule has 0 radical (unpaired) electrons. The zero-order valence-electron chi connectivity index (χ0n) is 13.3. The maximum atomic E-state index is 12.1. The van der Waals surface area contributed by atoms with E-state index in [1.807, 2.05) is 18.0 Å². The van der Waals surface area contributed by atoms with Gasteiger partial charge in [0.1, 0.15) is 5.82 Å². The minimum atomic E-state index is 0.159. The normalized spacial score (nSPS) is 26.3. The van der Waals surface area contributed by atoms with Crippen LogP contribution in [0.15, 0.2) is 6.20 Å². The van der Waals surface area contributed by atoms with E-state index in [0.29, 0.717) is 31.3 Å². The van der Waals surface area contributed by atoms with Gasteiger partial charge in [0.2, 0.25) is 5.91 Å². The Hall–Kier alpha value is -1.40. The van der Waals surface area contributed by atoms with Crippen LogP contribution in [-0.2, 0) is 11.3 Å². The van der Waals surface area contributed by atoms with Gasteiger partial charge in [0.25, 0.3) is 0 Å². The van der Waals surface area contributed by atoms with E-state index >= 15 is 0 Å². The van der Waals surface area contributed by atoms with E-state index in [4.69, 9.17) is 5.11 Å². The number of hydrogen-bond donors (Lipinski definition) is 2. The molecule has 2 atom stereocenters. The van der Waals surface area contributed by atoms with Crippen LogP contribution >= 0.6 is 0 Å². The van der Waals surface area contributed by atoms with Gasteiger partial charge < -0.3 is 15.0 Å². The lowest BCUT2D eigenvalue weighted by Crippen LogP contribution is -2.56. The number of carbonyl (C=O) groups excluding carboxylic acids is 1. The van der Waals surface area contributed by atoms with Gasteiger partial charge in [-0.15, -0.1) is 0 Å². The number of aliphatic hydroxyl groups excluding tert-OH is 1. The number of aryl methyl sites for hydroxylation is 1. The molecule has 6 heteroatoms. The van der Waals surface area contributed by atoms with Crippen LogP contribution in [0.5, 0.6) is 0 Å². The Bertz CT molecular complexity index is 516. The Morgan fingerprint density at radius 1 is 1.45 bits per heavy atom. The zero-order valence-corrected chi connectivity index (χ0v) is 13.3. The summed E-state index contributed by atoms with van der Waals surface area (Å²) >= 11 is 0. The number of aromatic amines is 1. The highest BCUT2D eigenvalue weighted by atomic mass is 16.3. The number of carbonyl (C=O) groups is 1. The van der Waals surface area contributed by atoms with Crippen molar-refractivity contribution in [3.8, 4) is 0 Å². The van der Waals surface area contributed by atoms with Crippen molar-refractivity contribution in [2.75, 3.05) is 26.2 Å². The smallest absolute Gasteiger partial charge is 0.222 e. The van der Waals surface area contributed by atoms with Gasteiger partial charge in [-0.05, 0) is 32.1 Å². The third-order valence-electron chi connectivity index (χ3n) is 4.93. The molecule has 0 spiro atoms. The molecule has 1 aromatic heterocycles. The van der Waals surface area contributed by atoms with E-state index in [9.17, 15) is 4.79 Å². The van der Waals surface area contributed by atoms with Crippen LogP contribution < -0.4 is 0 Å². The molecular formula is C16H26N4O2. The number of aromatic nitrogens is 2. The SMILES string of the molecule is Cc1ncc(CN2CC[C@@H]3[C@@H](CCC(=O)N3CCCO)C2)[nH]1. The van der Waals surface area contributed by atoms with Gasteiger partial charge in [0, 0.05) is 57.1 Å². The average Bonchev–Trinajstić information content (AvgIpc) is 2.91. The average molecular weight is 306 g/mol. The number of imidazole rings is 1. The predicted molar refractivity (Wildman–Crippen MR) is 83.1 cm³/mol. The van der Waals surface area contributed by atoms with Crippen molar-refractivity contribution >= 4 is 5.91 Å². The second-order valence-electron chi connectivity index (χ2n) is 6.55. The molecule has 0 bridgehead atoms. The molecule has 1 amide bonds. The topological polar surface area (TPSA) is 72.5 Å². The molecule has 0 saturated carbocycles. The van der Waals surface area contributed by atoms with Gasteiger partial charge in [-0.25, -0.2) is 4.98 Å². The molecule has 3 rings (SSSR count). The van der Waals surface area contributed by atoms with Crippen molar-refractivity contribution in [1.82, 2.24) is 19.8 Å². The molecule has 2 N–H and O–H groups in total. The minimum Gasteiger partial charge on any atom is -0.396 e.